The first-order chi connectivity index (χ1) is 12.3. The molecule has 0 saturated carbocycles. The van der Waals surface area contributed by atoms with Gasteiger partial charge in [0.05, 0.1) is 13.1 Å². The molecule has 2 aromatic carbocycles. The molecule has 2 aliphatic rings. The standard InChI is InChI=1S/C18H21N7/c1-5-15(24-17-19-9-10-20-17)6-2-13(1)23-14-3-7-16(8-4-14)25-18-21-11-12-22-18/h1-8,23H,9-12H2,(H2,19,20,24)(H2,21,22,25). The first kappa shape index (κ1) is 15.3. The van der Waals surface area contributed by atoms with Crippen molar-refractivity contribution in [2.75, 3.05) is 42.1 Å². The molecule has 7 nitrogen and oxygen atoms in total. The molecule has 2 heterocycles. The van der Waals surface area contributed by atoms with Crippen molar-refractivity contribution in [1.82, 2.24) is 10.6 Å². The molecule has 7 heteroatoms. The second-order valence-electron chi connectivity index (χ2n) is 5.84. The summed E-state index contributed by atoms with van der Waals surface area (Å²) in [5, 5.41) is 16.3. The zero-order chi connectivity index (χ0) is 16.9. The number of guanidine groups is 2. The third-order valence-electron chi connectivity index (χ3n) is 3.93. The van der Waals surface area contributed by atoms with Crippen LogP contribution in [0.2, 0.25) is 0 Å². The van der Waals surface area contributed by atoms with E-state index in [1.54, 1.807) is 0 Å². The predicted octanol–water partition coefficient (Wildman–Crippen LogP) is 2.17. The molecule has 4 rings (SSSR count). The Morgan fingerprint density at radius 1 is 0.560 bits per heavy atom. The van der Waals surface area contributed by atoms with Crippen LogP contribution in [-0.2, 0) is 0 Å². The highest BCUT2D eigenvalue weighted by Gasteiger charge is 2.06. The fraction of sp³-hybridized carbons (Fsp3) is 0.222. The summed E-state index contributed by atoms with van der Waals surface area (Å²) in [6, 6.07) is 16.3. The van der Waals surface area contributed by atoms with Crippen LogP contribution in [-0.4, -0.2) is 38.1 Å². The van der Waals surface area contributed by atoms with Gasteiger partial charge in [0.1, 0.15) is 0 Å². The third kappa shape index (κ3) is 4.00. The van der Waals surface area contributed by atoms with Crippen LogP contribution >= 0.6 is 0 Å². The Morgan fingerprint density at radius 3 is 1.24 bits per heavy atom. The Balaban J connectivity index is 1.34. The van der Waals surface area contributed by atoms with Crippen molar-refractivity contribution in [3.63, 3.8) is 0 Å². The lowest BCUT2D eigenvalue weighted by molar-refractivity contribution is 0.959. The van der Waals surface area contributed by atoms with Gasteiger partial charge in [-0.15, -0.1) is 0 Å². The zero-order valence-corrected chi connectivity index (χ0v) is 13.8. The van der Waals surface area contributed by atoms with Gasteiger partial charge in [-0.3, -0.25) is 9.98 Å². The maximum Gasteiger partial charge on any atom is 0.195 e. The van der Waals surface area contributed by atoms with Gasteiger partial charge in [-0.05, 0) is 48.5 Å². The Kier molecular flexibility index (Phi) is 4.37. The molecule has 0 spiro atoms. The highest BCUT2D eigenvalue weighted by molar-refractivity contribution is 5.95. The average Bonchev–Trinajstić information content (AvgIpc) is 3.33. The fourth-order valence-corrected chi connectivity index (χ4v) is 2.68. The Labute approximate surface area is 146 Å². The molecule has 25 heavy (non-hydrogen) atoms. The Morgan fingerprint density at radius 2 is 0.920 bits per heavy atom. The summed E-state index contributed by atoms with van der Waals surface area (Å²) < 4.78 is 0. The summed E-state index contributed by atoms with van der Waals surface area (Å²) in [5.74, 6) is 1.68. The summed E-state index contributed by atoms with van der Waals surface area (Å²) >= 11 is 0. The van der Waals surface area contributed by atoms with Crippen LogP contribution in [0.15, 0.2) is 58.5 Å². The second kappa shape index (κ2) is 7.12. The van der Waals surface area contributed by atoms with E-state index in [2.05, 4.69) is 36.6 Å². The molecule has 0 fully saturated rings. The minimum atomic E-state index is 0.830. The molecular formula is C18H21N7. The van der Waals surface area contributed by atoms with E-state index in [1.165, 1.54) is 0 Å². The number of aliphatic imine (C=N–C) groups is 2. The normalized spacial score (nSPS) is 15.7. The Bertz CT molecular complexity index is 711. The molecule has 5 N–H and O–H groups in total. The van der Waals surface area contributed by atoms with Crippen molar-refractivity contribution < 1.29 is 0 Å². The van der Waals surface area contributed by atoms with E-state index >= 15 is 0 Å². The summed E-state index contributed by atoms with van der Waals surface area (Å²) in [5.41, 5.74) is 4.11. The first-order valence-electron chi connectivity index (χ1n) is 8.43. The number of hydrogen-bond acceptors (Lipinski definition) is 7. The van der Waals surface area contributed by atoms with E-state index in [9.17, 15) is 0 Å². The molecule has 0 aliphatic carbocycles. The van der Waals surface area contributed by atoms with E-state index in [-0.39, 0.29) is 0 Å². The average molecular weight is 335 g/mol. The van der Waals surface area contributed by atoms with E-state index in [4.69, 9.17) is 0 Å². The van der Waals surface area contributed by atoms with Gasteiger partial charge in [-0.2, -0.15) is 0 Å². The summed E-state index contributed by atoms with van der Waals surface area (Å²) in [7, 11) is 0. The number of nitrogens with one attached hydrogen (secondary N) is 5. The second-order valence-corrected chi connectivity index (χ2v) is 5.84. The molecule has 2 aromatic rings. The van der Waals surface area contributed by atoms with E-state index < -0.39 is 0 Å². The lowest BCUT2D eigenvalue weighted by Gasteiger charge is -2.11. The number of anilines is 4. The highest BCUT2D eigenvalue weighted by Crippen LogP contribution is 2.21. The summed E-state index contributed by atoms with van der Waals surface area (Å²) in [6.07, 6.45) is 0. The van der Waals surface area contributed by atoms with Gasteiger partial charge in [-0.25, -0.2) is 0 Å². The van der Waals surface area contributed by atoms with Crippen molar-refractivity contribution >= 4 is 34.7 Å². The minimum absolute atomic E-state index is 0.830. The van der Waals surface area contributed by atoms with E-state index in [0.29, 0.717) is 0 Å². The monoisotopic (exact) mass is 335 g/mol. The van der Waals surface area contributed by atoms with Crippen molar-refractivity contribution in [3.05, 3.63) is 48.5 Å². The van der Waals surface area contributed by atoms with Crippen LogP contribution in [0.5, 0.6) is 0 Å². The predicted molar refractivity (Wildman–Crippen MR) is 104 cm³/mol. The van der Waals surface area contributed by atoms with Gasteiger partial charge in [0, 0.05) is 35.8 Å². The molecule has 0 bridgehead atoms. The van der Waals surface area contributed by atoms with Crippen LogP contribution in [0.1, 0.15) is 0 Å². The van der Waals surface area contributed by atoms with Crippen molar-refractivity contribution in [1.29, 1.82) is 0 Å². The molecule has 0 unspecified atom stereocenters. The molecule has 0 radical (unpaired) electrons. The third-order valence-corrected chi connectivity index (χ3v) is 3.93. The van der Waals surface area contributed by atoms with E-state index in [1.807, 2.05) is 48.5 Å². The number of hydrogen-bond donors (Lipinski definition) is 5. The van der Waals surface area contributed by atoms with Crippen molar-refractivity contribution in [2.45, 2.75) is 0 Å². The number of nitrogens with zero attached hydrogens (tertiary/aromatic N) is 2. The molecule has 2 aliphatic heterocycles. The van der Waals surface area contributed by atoms with Gasteiger partial charge < -0.3 is 26.6 Å². The number of benzene rings is 2. The molecular weight excluding hydrogens is 314 g/mol. The van der Waals surface area contributed by atoms with Gasteiger partial charge in [0.25, 0.3) is 0 Å². The Hall–Kier alpha value is -3.22. The zero-order valence-electron chi connectivity index (χ0n) is 13.8. The van der Waals surface area contributed by atoms with Gasteiger partial charge >= 0.3 is 0 Å². The van der Waals surface area contributed by atoms with Crippen molar-refractivity contribution in [3.8, 4) is 0 Å². The quantitative estimate of drug-likeness (QED) is 0.591. The SMILES string of the molecule is c1cc(Nc2ccc(NC3=NCCN3)cc2)ccc1NC1=NCCN1. The highest BCUT2D eigenvalue weighted by atomic mass is 15.2. The fourth-order valence-electron chi connectivity index (χ4n) is 2.68. The molecule has 128 valence electrons. The minimum Gasteiger partial charge on any atom is -0.356 e. The lowest BCUT2D eigenvalue weighted by Crippen LogP contribution is -2.26. The topological polar surface area (TPSA) is 84.9 Å². The summed E-state index contributed by atoms with van der Waals surface area (Å²) in [4.78, 5) is 8.65. The smallest absolute Gasteiger partial charge is 0.195 e. The summed E-state index contributed by atoms with van der Waals surface area (Å²) in [6.45, 7) is 3.46. The molecule has 0 saturated heterocycles. The molecule has 0 atom stereocenters. The van der Waals surface area contributed by atoms with Gasteiger partial charge in [-0.1, -0.05) is 0 Å². The van der Waals surface area contributed by atoms with Gasteiger partial charge in [0.2, 0.25) is 0 Å². The van der Waals surface area contributed by atoms with Gasteiger partial charge in [0.15, 0.2) is 11.9 Å². The van der Waals surface area contributed by atoms with Crippen LogP contribution in [0.25, 0.3) is 0 Å². The van der Waals surface area contributed by atoms with E-state index in [0.717, 1.165) is 60.8 Å². The lowest BCUT2D eigenvalue weighted by atomic mass is 10.2. The maximum atomic E-state index is 4.33. The van der Waals surface area contributed by atoms with Crippen LogP contribution in [0.3, 0.4) is 0 Å². The van der Waals surface area contributed by atoms with Crippen LogP contribution in [0, 0.1) is 0 Å². The van der Waals surface area contributed by atoms with Crippen LogP contribution < -0.4 is 26.6 Å². The first-order valence-corrected chi connectivity index (χ1v) is 8.43. The maximum absolute atomic E-state index is 4.33. The largest absolute Gasteiger partial charge is 0.356 e. The molecule has 0 aromatic heterocycles. The molecule has 0 amide bonds. The van der Waals surface area contributed by atoms with Crippen LogP contribution in [0.4, 0.5) is 22.7 Å². The number of rotatable bonds is 4. The van der Waals surface area contributed by atoms with Crippen molar-refractivity contribution in [2.24, 2.45) is 9.98 Å².